The van der Waals surface area contributed by atoms with E-state index in [1.807, 2.05) is 0 Å². The Balaban J connectivity index is 0.000000360. The van der Waals surface area contributed by atoms with E-state index in [1.54, 1.807) is 43.5 Å². The molecule has 0 unspecified atom stereocenters. The van der Waals surface area contributed by atoms with Crippen LogP contribution in [-0.4, -0.2) is 43.7 Å². The number of nitrogens with zero attached hydrogens (tertiary/aromatic N) is 4. The monoisotopic (exact) mass is 470 g/mol. The summed E-state index contributed by atoms with van der Waals surface area (Å²) in [5.41, 5.74) is 4.88. The number of carbonyl (C=O) groups is 2. The zero-order valence-corrected chi connectivity index (χ0v) is 16.9. The summed E-state index contributed by atoms with van der Waals surface area (Å²) in [7, 11) is 0. The van der Waals surface area contributed by atoms with Crippen LogP contribution in [0.25, 0.3) is 28.1 Å². The molecule has 14 heteroatoms. The van der Waals surface area contributed by atoms with Crippen molar-refractivity contribution < 1.29 is 38.0 Å². The molecular formula is C18H14ClF3N6O4. The van der Waals surface area contributed by atoms with Gasteiger partial charge in [-0.3, -0.25) is 10.1 Å². The number of alkyl halides is 3. The van der Waals surface area contributed by atoms with E-state index in [-0.39, 0.29) is 11.9 Å². The smallest absolute Gasteiger partial charge is 0.430 e. The van der Waals surface area contributed by atoms with Gasteiger partial charge in [-0.15, -0.1) is 5.10 Å². The number of carboxylic acid groups (broad SMARTS) is 1. The molecular weight excluding hydrogens is 457 g/mol. The largest absolute Gasteiger partial charge is 0.542 e. The highest BCUT2D eigenvalue weighted by Crippen LogP contribution is 2.26. The first-order valence-electron chi connectivity index (χ1n) is 8.79. The minimum Gasteiger partial charge on any atom is -0.542 e. The SMILES string of the molecule is C[C@@H]([NH3+])C(=O)Nc1nc2ccc(Cl)cc2c2nc(-c3ccco3)nn12.O=C([O-])C(F)(F)F. The number of anilines is 1. The van der Waals surface area contributed by atoms with Crippen LogP contribution >= 0.6 is 11.6 Å². The van der Waals surface area contributed by atoms with E-state index in [4.69, 9.17) is 25.9 Å². The highest BCUT2D eigenvalue weighted by molar-refractivity contribution is 6.31. The van der Waals surface area contributed by atoms with Crippen LogP contribution in [-0.2, 0) is 9.59 Å². The van der Waals surface area contributed by atoms with Crippen LogP contribution in [0.3, 0.4) is 0 Å². The molecule has 0 saturated heterocycles. The fraction of sp³-hybridized carbons (Fsp3) is 0.167. The highest BCUT2D eigenvalue weighted by atomic mass is 35.5. The number of furan rings is 1. The first kappa shape index (κ1) is 23.0. The van der Waals surface area contributed by atoms with Crippen molar-refractivity contribution in [2.75, 3.05) is 5.32 Å². The van der Waals surface area contributed by atoms with Crippen LogP contribution in [0.2, 0.25) is 5.02 Å². The van der Waals surface area contributed by atoms with Crippen molar-refractivity contribution in [1.82, 2.24) is 19.6 Å². The van der Waals surface area contributed by atoms with Crippen molar-refractivity contribution in [3.8, 4) is 11.6 Å². The summed E-state index contributed by atoms with van der Waals surface area (Å²) in [5, 5.41) is 17.2. The van der Waals surface area contributed by atoms with E-state index < -0.39 is 18.2 Å². The van der Waals surface area contributed by atoms with Gasteiger partial charge >= 0.3 is 6.18 Å². The topological polar surface area (TPSA) is 153 Å². The van der Waals surface area contributed by atoms with E-state index in [0.29, 0.717) is 27.8 Å². The summed E-state index contributed by atoms with van der Waals surface area (Å²) in [6.07, 6.45) is -3.65. The van der Waals surface area contributed by atoms with Gasteiger partial charge < -0.3 is 20.1 Å². The average molecular weight is 471 g/mol. The highest BCUT2D eigenvalue weighted by Gasteiger charge is 2.28. The summed E-state index contributed by atoms with van der Waals surface area (Å²) in [5.74, 6) is -2.11. The Morgan fingerprint density at radius 2 is 1.97 bits per heavy atom. The second-order valence-corrected chi connectivity index (χ2v) is 6.86. The minimum atomic E-state index is -5.19. The average Bonchev–Trinajstić information content (AvgIpc) is 3.38. The van der Waals surface area contributed by atoms with Gasteiger partial charge in [0.15, 0.2) is 17.4 Å². The third kappa shape index (κ3) is 4.95. The number of quaternary nitrogens is 1. The third-order valence-electron chi connectivity index (χ3n) is 3.89. The van der Waals surface area contributed by atoms with E-state index in [1.165, 1.54) is 4.52 Å². The Morgan fingerprint density at radius 3 is 2.53 bits per heavy atom. The fourth-order valence-electron chi connectivity index (χ4n) is 2.40. The molecule has 168 valence electrons. The van der Waals surface area contributed by atoms with Gasteiger partial charge in [0.1, 0.15) is 5.97 Å². The lowest BCUT2D eigenvalue weighted by Crippen LogP contribution is -2.64. The van der Waals surface area contributed by atoms with Crippen molar-refractivity contribution in [2.45, 2.75) is 19.1 Å². The number of halogens is 4. The van der Waals surface area contributed by atoms with E-state index >= 15 is 0 Å². The molecule has 0 bridgehead atoms. The molecule has 3 heterocycles. The lowest BCUT2D eigenvalue weighted by Gasteiger charge is -2.08. The van der Waals surface area contributed by atoms with Gasteiger partial charge in [0.05, 0.1) is 11.8 Å². The molecule has 1 atom stereocenters. The Labute approximate surface area is 181 Å². The zero-order valence-electron chi connectivity index (χ0n) is 16.2. The van der Waals surface area contributed by atoms with Crippen LogP contribution in [0.5, 0.6) is 0 Å². The number of rotatable bonds is 3. The zero-order chi connectivity index (χ0) is 23.6. The predicted molar refractivity (Wildman–Crippen MR) is 103 cm³/mol. The van der Waals surface area contributed by atoms with Gasteiger partial charge in [-0.25, -0.2) is 9.97 Å². The molecule has 4 rings (SSSR count). The lowest BCUT2D eigenvalue weighted by atomic mass is 10.2. The van der Waals surface area contributed by atoms with Gasteiger partial charge in [0, 0.05) is 10.4 Å². The number of amides is 1. The summed E-state index contributed by atoms with van der Waals surface area (Å²) in [6.45, 7) is 1.70. The lowest BCUT2D eigenvalue weighted by molar-refractivity contribution is -0.396. The molecule has 3 aromatic heterocycles. The van der Waals surface area contributed by atoms with Gasteiger partial charge in [-0.1, -0.05) is 11.6 Å². The second kappa shape index (κ2) is 8.80. The van der Waals surface area contributed by atoms with Gasteiger partial charge in [-0.2, -0.15) is 17.7 Å². The van der Waals surface area contributed by atoms with Gasteiger partial charge in [0.2, 0.25) is 11.8 Å². The minimum absolute atomic E-state index is 0.260. The van der Waals surface area contributed by atoms with Crippen molar-refractivity contribution in [3.63, 3.8) is 0 Å². The molecule has 1 amide bonds. The van der Waals surface area contributed by atoms with Gasteiger partial charge in [0.25, 0.3) is 5.91 Å². The van der Waals surface area contributed by atoms with Crippen molar-refractivity contribution in [2.24, 2.45) is 0 Å². The van der Waals surface area contributed by atoms with Crippen LogP contribution in [0.1, 0.15) is 6.92 Å². The maximum atomic E-state index is 12.1. The second-order valence-electron chi connectivity index (χ2n) is 6.42. The van der Waals surface area contributed by atoms with Crippen molar-refractivity contribution >= 4 is 46.0 Å². The molecule has 0 aliphatic rings. The van der Waals surface area contributed by atoms with E-state index in [2.05, 4.69) is 26.1 Å². The number of nitrogens with one attached hydrogen (secondary N) is 1. The van der Waals surface area contributed by atoms with Crippen molar-refractivity contribution in [3.05, 3.63) is 41.6 Å². The molecule has 4 aromatic rings. The summed E-state index contributed by atoms with van der Waals surface area (Å²) in [6, 6.07) is 8.32. The van der Waals surface area contributed by atoms with E-state index in [9.17, 15) is 18.0 Å². The van der Waals surface area contributed by atoms with Crippen LogP contribution in [0.4, 0.5) is 19.1 Å². The molecule has 0 fully saturated rings. The molecule has 32 heavy (non-hydrogen) atoms. The summed E-state index contributed by atoms with van der Waals surface area (Å²) in [4.78, 5) is 29.9. The number of benzene rings is 1. The first-order chi connectivity index (χ1) is 15.0. The van der Waals surface area contributed by atoms with Crippen LogP contribution < -0.4 is 16.2 Å². The number of carboxylic acids is 1. The molecule has 0 radical (unpaired) electrons. The molecule has 0 aliphatic carbocycles. The molecule has 1 aromatic carbocycles. The maximum absolute atomic E-state index is 12.1. The van der Waals surface area contributed by atoms with Crippen molar-refractivity contribution in [1.29, 1.82) is 0 Å². The van der Waals surface area contributed by atoms with Gasteiger partial charge in [-0.05, 0) is 37.3 Å². The Bertz CT molecular complexity index is 1290. The molecule has 0 aliphatic heterocycles. The van der Waals surface area contributed by atoms with E-state index in [0.717, 1.165) is 5.39 Å². The fourth-order valence-corrected chi connectivity index (χ4v) is 2.58. The normalized spacial score (nSPS) is 12.3. The number of hydrogen-bond donors (Lipinski definition) is 2. The summed E-state index contributed by atoms with van der Waals surface area (Å²) >= 11 is 6.11. The quantitative estimate of drug-likeness (QED) is 0.454. The number of aliphatic carboxylic acids is 1. The predicted octanol–water partition coefficient (Wildman–Crippen LogP) is 1.06. The first-order valence-corrected chi connectivity index (χ1v) is 9.17. The maximum Gasteiger partial charge on any atom is 0.430 e. The molecule has 10 nitrogen and oxygen atoms in total. The number of aromatic nitrogens is 4. The van der Waals surface area contributed by atoms with Crippen LogP contribution in [0, 0.1) is 0 Å². The van der Waals surface area contributed by atoms with Crippen LogP contribution in [0.15, 0.2) is 41.0 Å². The Morgan fingerprint density at radius 1 is 1.28 bits per heavy atom. The number of hydrogen-bond acceptors (Lipinski definition) is 7. The molecule has 0 saturated carbocycles. The number of fused-ring (bicyclic) bond motifs is 3. The number of carbonyl (C=O) groups excluding carboxylic acids is 2. The standard InChI is InChI=1S/C16H13ClN6O2.C2HF3O2/c1-8(18)15(24)21-16-19-11-5-4-9(17)7-10(11)14-20-13(22-23(14)16)12-3-2-6-25-12;3-2(4,5)1(6)7/h2-8H,18H2,1H3,(H,19,21,24);(H,6,7)/t8-;/m1./s1. The third-order valence-corrected chi connectivity index (χ3v) is 4.12. The Kier molecular flexibility index (Phi) is 6.32. The molecule has 4 N–H and O–H groups in total. The summed E-state index contributed by atoms with van der Waals surface area (Å²) < 4.78 is 38.4. The molecule has 0 spiro atoms. The Hall–Kier alpha value is -3.71.